The van der Waals surface area contributed by atoms with Gasteiger partial charge in [0.05, 0.1) is 5.60 Å². The number of likely N-dealkylation sites (tertiary alicyclic amines) is 2. The zero-order valence-corrected chi connectivity index (χ0v) is 22.9. The smallest absolute Gasteiger partial charge is 0.0672 e. The molecule has 2 aromatic carbocycles. The summed E-state index contributed by atoms with van der Waals surface area (Å²) >= 11 is 1.82. The van der Waals surface area contributed by atoms with Crippen molar-refractivity contribution in [1.82, 2.24) is 9.80 Å². The van der Waals surface area contributed by atoms with Gasteiger partial charge in [-0.25, -0.2) is 0 Å². The number of rotatable bonds is 9. The van der Waals surface area contributed by atoms with Gasteiger partial charge in [0, 0.05) is 45.2 Å². The van der Waals surface area contributed by atoms with Crippen LogP contribution in [0.3, 0.4) is 0 Å². The molecule has 2 fully saturated rings. The van der Waals surface area contributed by atoms with Gasteiger partial charge in [-0.3, -0.25) is 4.90 Å². The summed E-state index contributed by atoms with van der Waals surface area (Å²) in [4.78, 5) is 5.30. The number of thiophene rings is 1. The van der Waals surface area contributed by atoms with E-state index in [1.54, 1.807) is 0 Å². The Labute approximate surface area is 221 Å². The van der Waals surface area contributed by atoms with E-state index in [9.17, 15) is 5.11 Å². The zero-order valence-electron chi connectivity index (χ0n) is 22.0. The average Bonchev–Trinajstić information content (AvgIpc) is 3.54. The third-order valence-electron chi connectivity index (χ3n) is 8.70. The van der Waals surface area contributed by atoms with Crippen LogP contribution in [0.5, 0.6) is 0 Å². The molecule has 3 nitrogen and oxygen atoms in total. The summed E-state index contributed by atoms with van der Waals surface area (Å²) in [7, 11) is 0. The predicted molar refractivity (Wildman–Crippen MR) is 152 cm³/mol. The fourth-order valence-corrected chi connectivity index (χ4v) is 7.02. The molecule has 1 unspecified atom stereocenters. The molecule has 0 bridgehead atoms. The second-order valence-corrected chi connectivity index (χ2v) is 12.2. The Morgan fingerprint density at radius 2 is 1.72 bits per heavy atom. The molecule has 2 saturated heterocycles. The molecule has 36 heavy (non-hydrogen) atoms. The average molecular weight is 503 g/mol. The number of benzene rings is 2. The first-order chi connectivity index (χ1) is 17.5. The van der Waals surface area contributed by atoms with Crippen molar-refractivity contribution in [2.75, 3.05) is 32.7 Å². The molecule has 0 saturated carbocycles. The number of nitrogens with zero attached hydrogens (tertiary/aromatic N) is 2. The summed E-state index contributed by atoms with van der Waals surface area (Å²) in [6, 6.07) is 20.0. The van der Waals surface area contributed by atoms with Gasteiger partial charge in [-0.15, -0.1) is 0 Å². The predicted octanol–water partition coefficient (Wildman–Crippen LogP) is 6.43. The van der Waals surface area contributed by atoms with Gasteiger partial charge in [0.2, 0.25) is 0 Å². The maximum Gasteiger partial charge on any atom is 0.0672 e. The van der Waals surface area contributed by atoms with E-state index < -0.39 is 5.60 Å². The maximum atomic E-state index is 11.2. The highest BCUT2D eigenvalue weighted by Gasteiger charge is 2.37. The summed E-state index contributed by atoms with van der Waals surface area (Å²) in [5.74, 6) is 1.25. The molecular formula is C32H42N2OS. The monoisotopic (exact) mass is 502 g/mol. The van der Waals surface area contributed by atoms with Crippen LogP contribution in [-0.2, 0) is 13.0 Å². The highest BCUT2D eigenvalue weighted by molar-refractivity contribution is 7.08. The molecule has 5 rings (SSSR count). The first-order valence-corrected chi connectivity index (χ1v) is 14.7. The lowest BCUT2D eigenvalue weighted by atomic mass is 9.84. The molecule has 192 valence electrons. The molecule has 1 N–H and O–H groups in total. The number of piperidine rings is 1. The van der Waals surface area contributed by atoms with Crippen LogP contribution in [-0.4, -0.2) is 53.2 Å². The van der Waals surface area contributed by atoms with Crippen molar-refractivity contribution in [3.63, 3.8) is 0 Å². The first kappa shape index (κ1) is 25.7. The lowest BCUT2D eigenvalue weighted by Crippen LogP contribution is -2.46. The maximum absolute atomic E-state index is 11.2. The third kappa shape index (κ3) is 6.47. The van der Waals surface area contributed by atoms with Crippen LogP contribution >= 0.6 is 11.3 Å². The van der Waals surface area contributed by atoms with Gasteiger partial charge in [-0.1, -0.05) is 48.5 Å². The minimum absolute atomic E-state index is 0.483. The Morgan fingerprint density at radius 3 is 2.44 bits per heavy atom. The van der Waals surface area contributed by atoms with Crippen LogP contribution in [0.1, 0.15) is 59.4 Å². The van der Waals surface area contributed by atoms with Gasteiger partial charge in [0.15, 0.2) is 0 Å². The zero-order chi connectivity index (χ0) is 25.0. The van der Waals surface area contributed by atoms with Gasteiger partial charge in [0.1, 0.15) is 0 Å². The number of aryl methyl sites for hydroxylation is 3. The summed E-state index contributed by atoms with van der Waals surface area (Å²) in [6.07, 6.45) is 4.86. The van der Waals surface area contributed by atoms with Crippen molar-refractivity contribution in [3.8, 4) is 0 Å². The van der Waals surface area contributed by atoms with Gasteiger partial charge in [-0.05, 0) is 96.5 Å². The van der Waals surface area contributed by atoms with Crippen molar-refractivity contribution in [3.05, 3.63) is 93.2 Å². The van der Waals surface area contributed by atoms with Crippen LogP contribution in [0.2, 0.25) is 0 Å². The van der Waals surface area contributed by atoms with Crippen molar-refractivity contribution in [2.45, 2.75) is 64.0 Å². The Balaban J connectivity index is 1.15. The van der Waals surface area contributed by atoms with Gasteiger partial charge < -0.3 is 10.0 Å². The minimum atomic E-state index is -0.483. The van der Waals surface area contributed by atoms with Gasteiger partial charge >= 0.3 is 0 Å². The topological polar surface area (TPSA) is 26.7 Å². The molecule has 0 radical (unpaired) electrons. The standard InChI is InChI=1S/C32H42N2OS/c1-25-10-11-28(19-26(25)2)20-34-22-30(31(23-34)29-12-18-36-24-29)21-33-16-14-32(35,15-17-33)13-6-9-27-7-4-3-5-8-27/h3-5,7-8,10-12,18-19,24,30-31,35H,6,9,13-17,20-23H2,1-2H3/t30-,31?/m1/s1. The Bertz CT molecular complexity index is 1090. The summed E-state index contributed by atoms with van der Waals surface area (Å²) < 4.78 is 0. The molecule has 2 aliphatic heterocycles. The van der Waals surface area contributed by atoms with Crippen molar-refractivity contribution in [1.29, 1.82) is 0 Å². The van der Waals surface area contributed by atoms with E-state index in [2.05, 4.69) is 89.0 Å². The molecule has 3 aromatic rings. The van der Waals surface area contributed by atoms with Gasteiger partial charge in [-0.2, -0.15) is 11.3 Å². The van der Waals surface area contributed by atoms with E-state index in [4.69, 9.17) is 0 Å². The molecule has 1 aromatic heterocycles. The fourth-order valence-electron chi connectivity index (χ4n) is 6.30. The second-order valence-electron chi connectivity index (χ2n) is 11.4. The van der Waals surface area contributed by atoms with Crippen molar-refractivity contribution < 1.29 is 5.11 Å². The molecule has 0 amide bonds. The van der Waals surface area contributed by atoms with Crippen LogP contribution in [0.15, 0.2) is 65.4 Å². The Kier molecular flexibility index (Phi) is 8.27. The molecule has 2 atom stereocenters. The largest absolute Gasteiger partial charge is 0.390 e. The summed E-state index contributed by atoms with van der Waals surface area (Å²) in [5.41, 5.74) is 6.61. The number of aliphatic hydroxyl groups is 1. The van der Waals surface area contributed by atoms with E-state index >= 15 is 0 Å². The minimum Gasteiger partial charge on any atom is -0.390 e. The Hall–Kier alpha value is -1.98. The van der Waals surface area contributed by atoms with Gasteiger partial charge in [0.25, 0.3) is 0 Å². The molecule has 3 heterocycles. The van der Waals surface area contributed by atoms with E-state index in [1.165, 1.54) is 27.8 Å². The number of hydrogen-bond acceptors (Lipinski definition) is 4. The van der Waals surface area contributed by atoms with Crippen molar-refractivity contribution >= 4 is 11.3 Å². The third-order valence-corrected chi connectivity index (χ3v) is 9.40. The van der Waals surface area contributed by atoms with E-state index in [0.29, 0.717) is 11.8 Å². The van der Waals surface area contributed by atoms with Crippen LogP contribution < -0.4 is 0 Å². The molecule has 4 heteroatoms. The van der Waals surface area contributed by atoms with Crippen LogP contribution in [0.25, 0.3) is 0 Å². The summed E-state index contributed by atoms with van der Waals surface area (Å²) in [5, 5.41) is 15.8. The highest BCUT2D eigenvalue weighted by atomic mass is 32.1. The molecule has 0 aliphatic carbocycles. The Morgan fingerprint density at radius 1 is 0.917 bits per heavy atom. The lowest BCUT2D eigenvalue weighted by molar-refractivity contribution is -0.0316. The normalized spacial score (nSPS) is 22.8. The molecule has 2 aliphatic rings. The molecular weight excluding hydrogens is 460 g/mol. The fraction of sp³-hybridized carbons (Fsp3) is 0.500. The first-order valence-electron chi connectivity index (χ1n) is 13.8. The van der Waals surface area contributed by atoms with E-state index in [0.717, 1.165) is 71.4 Å². The summed E-state index contributed by atoms with van der Waals surface area (Å²) in [6.45, 7) is 10.9. The quantitative estimate of drug-likeness (QED) is 0.365. The molecule has 0 spiro atoms. The lowest BCUT2D eigenvalue weighted by Gasteiger charge is -2.39. The second kappa shape index (κ2) is 11.6. The van der Waals surface area contributed by atoms with E-state index in [-0.39, 0.29) is 0 Å². The SMILES string of the molecule is Cc1ccc(CN2CC(c3ccsc3)[C@H](CN3CCC(O)(CCCc4ccccc4)CC3)C2)cc1C. The number of hydrogen-bond donors (Lipinski definition) is 1. The van der Waals surface area contributed by atoms with Crippen LogP contribution in [0, 0.1) is 19.8 Å². The van der Waals surface area contributed by atoms with Crippen molar-refractivity contribution in [2.24, 2.45) is 5.92 Å². The van der Waals surface area contributed by atoms with Crippen LogP contribution in [0.4, 0.5) is 0 Å². The van der Waals surface area contributed by atoms with E-state index in [1.807, 2.05) is 11.3 Å². The highest BCUT2D eigenvalue weighted by Crippen LogP contribution is 2.36.